The molecule has 2 N–H and O–H groups in total. The number of carbonyl (C=O) groups excluding carboxylic acids is 1. The van der Waals surface area contributed by atoms with Crippen LogP contribution >= 0.6 is 0 Å². The van der Waals surface area contributed by atoms with E-state index < -0.39 is 0 Å². The number of piperidine rings is 1. The Kier molecular flexibility index (Phi) is 11.1. The van der Waals surface area contributed by atoms with Crippen molar-refractivity contribution in [3.8, 4) is 0 Å². The fourth-order valence-corrected chi connectivity index (χ4v) is 1.60. The molecular weight excluding hydrogens is 226 g/mol. The molecule has 1 aromatic heterocycles. The second-order valence-electron chi connectivity index (χ2n) is 3.66. The van der Waals surface area contributed by atoms with Crippen molar-refractivity contribution in [2.24, 2.45) is 5.92 Å². The van der Waals surface area contributed by atoms with Gasteiger partial charge in [0.05, 0.1) is 0 Å². The van der Waals surface area contributed by atoms with Crippen LogP contribution < -0.4 is 10.6 Å². The molecule has 1 aromatic rings. The minimum atomic E-state index is 0.196. The zero-order valence-electron chi connectivity index (χ0n) is 11.6. The maximum atomic E-state index is 11.0. The third kappa shape index (κ3) is 7.79. The number of carbonyl (C=O) groups is 1. The summed E-state index contributed by atoms with van der Waals surface area (Å²) in [6, 6.07) is 5.72. The smallest absolute Gasteiger partial charge is 0.222 e. The van der Waals surface area contributed by atoms with Crippen molar-refractivity contribution < 1.29 is 4.79 Å². The molecule has 1 aliphatic heterocycles. The Morgan fingerprint density at radius 2 is 1.72 bits per heavy atom. The zero-order chi connectivity index (χ0) is 13.6. The van der Waals surface area contributed by atoms with Crippen LogP contribution in [0.3, 0.4) is 0 Å². The second kappa shape index (κ2) is 12.0. The van der Waals surface area contributed by atoms with Gasteiger partial charge in [0.25, 0.3) is 0 Å². The molecule has 0 spiro atoms. The van der Waals surface area contributed by atoms with E-state index in [0.717, 1.165) is 25.9 Å². The highest BCUT2D eigenvalue weighted by Gasteiger charge is 2.18. The molecule has 0 atom stereocenters. The highest BCUT2D eigenvalue weighted by Crippen LogP contribution is 2.10. The van der Waals surface area contributed by atoms with E-state index in [-0.39, 0.29) is 11.8 Å². The van der Waals surface area contributed by atoms with Crippen molar-refractivity contribution in [2.45, 2.75) is 26.7 Å². The summed E-state index contributed by atoms with van der Waals surface area (Å²) in [5, 5.41) is 5.88. The standard InChI is InChI=1S/C7H14N2O.C5H5N.C2H6/c1-8-7(10)6-2-4-9-5-3-6;1-2-4-6-5-3-1;1-2/h6,9H,2-5H2,1H3,(H,8,10);1-5H;1-2H3. The topological polar surface area (TPSA) is 54.0 Å². The number of nitrogens with zero attached hydrogens (tertiary/aromatic N) is 1. The molecule has 2 heterocycles. The molecular formula is C14H25N3O. The molecule has 1 amide bonds. The summed E-state index contributed by atoms with van der Waals surface area (Å²) < 4.78 is 0. The van der Waals surface area contributed by atoms with Gasteiger partial charge in [0.1, 0.15) is 0 Å². The average molecular weight is 251 g/mol. The fourth-order valence-electron chi connectivity index (χ4n) is 1.60. The molecule has 4 heteroatoms. The lowest BCUT2D eigenvalue weighted by molar-refractivity contribution is -0.125. The molecule has 2 rings (SSSR count). The van der Waals surface area contributed by atoms with Gasteiger partial charge in [-0.1, -0.05) is 19.9 Å². The number of hydrogen-bond donors (Lipinski definition) is 2. The molecule has 1 aliphatic rings. The summed E-state index contributed by atoms with van der Waals surface area (Å²) in [5.41, 5.74) is 0. The van der Waals surface area contributed by atoms with Gasteiger partial charge in [0.15, 0.2) is 0 Å². The molecule has 102 valence electrons. The van der Waals surface area contributed by atoms with Crippen LogP contribution in [0, 0.1) is 5.92 Å². The van der Waals surface area contributed by atoms with Gasteiger partial charge in [-0.2, -0.15) is 0 Å². The first-order valence-electron chi connectivity index (χ1n) is 6.62. The largest absolute Gasteiger partial charge is 0.359 e. The first kappa shape index (κ1) is 16.6. The molecule has 0 radical (unpaired) electrons. The van der Waals surface area contributed by atoms with Gasteiger partial charge in [-0.3, -0.25) is 9.78 Å². The Morgan fingerprint density at radius 1 is 1.17 bits per heavy atom. The van der Waals surface area contributed by atoms with Crippen molar-refractivity contribution in [2.75, 3.05) is 20.1 Å². The summed E-state index contributed by atoms with van der Waals surface area (Å²) >= 11 is 0. The van der Waals surface area contributed by atoms with E-state index in [1.54, 1.807) is 19.4 Å². The van der Waals surface area contributed by atoms with Crippen molar-refractivity contribution in [1.82, 2.24) is 15.6 Å². The minimum absolute atomic E-state index is 0.196. The Bertz CT molecular complexity index is 258. The fraction of sp³-hybridized carbons (Fsp3) is 0.571. The molecule has 18 heavy (non-hydrogen) atoms. The lowest BCUT2D eigenvalue weighted by Gasteiger charge is -2.20. The van der Waals surface area contributed by atoms with E-state index in [2.05, 4.69) is 15.6 Å². The highest BCUT2D eigenvalue weighted by atomic mass is 16.1. The Balaban J connectivity index is 0.000000308. The van der Waals surface area contributed by atoms with Crippen LogP contribution in [0.4, 0.5) is 0 Å². The van der Waals surface area contributed by atoms with Gasteiger partial charge in [0, 0.05) is 25.4 Å². The first-order chi connectivity index (χ1) is 8.84. The Morgan fingerprint density at radius 3 is 2.06 bits per heavy atom. The quantitative estimate of drug-likeness (QED) is 0.801. The van der Waals surface area contributed by atoms with Crippen molar-refractivity contribution in [1.29, 1.82) is 0 Å². The molecule has 1 saturated heterocycles. The number of aromatic nitrogens is 1. The SMILES string of the molecule is CC.CNC(=O)C1CCNCC1.c1ccncc1. The summed E-state index contributed by atoms with van der Waals surface area (Å²) in [4.78, 5) is 14.8. The lowest BCUT2D eigenvalue weighted by atomic mass is 9.97. The predicted octanol–water partition coefficient (Wildman–Crippen LogP) is 1.84. The molecule has 0 aromatic carbocycles. The zero-order valence-corrected chi connectivity index (χ0v) is 11.6. The van der Waals surface area contributed by atoms with Crippen LogP contribution in [0.15, 0.2) is 30.6 Å². The molecule has 0 saturated carbocycles. The van der Waals surface area contributed by atoms with Gasteiger partial charge in [-0.05, 0) is 38.1 Å². The summed E-state index contributed by atoms with van der Waals surface area (Å²) in [5.74, 6) is 0.452. The van der Waals surface area contributed by atoms with Crippen molar-refractivity contribution in [3.05, 3.63) is 30.6 Å². The third-order valence-corrected chi connectivity index (χ3v) is 2.52. The number of pyridine rings is 1. The van der Waals surface area contributed by atoms with E-state index in [0.29, 0.717) is 0 Å². The molecule has 1 fully saturated rings. The number of amides is 1. The maximum Gasteiger partial charge on any atom is 0.222 e. The van der Waals surface area contributed by atoms with E-state index in [4.69, 9.17) is 0 Å². The van der Waals surface area contributed by atoms with Crippen LogP contribution in [0.25, 0.3) is 0 Å². The summed E-state index contributed by atoms with van der Waals surface area (Å²) in [6.07, 6.45) is 5.47. The van der Waals surface area contributed by atoms with Gasteiger partial charge in [0.2, 0.25) is 5.91 Å². The van der Waals surface area contributed by atoms with Crippen LogP contribution in [-0.4, -0.2) is 31.0 Å². The Labute approximate surface area is 110 Å². The van der Waals surface area contributed by atoms with E-state index in [1.165, 1.54) is 0 Å². The number of rotatable bonds is 1. The number of hydrogen-bond acceptors (Lipinski definition) is 3. The van der Waals surface area contributed by atoms with E-state index >= 15 is 0 Å². The summed E-state index contributed by atoms with van der Waals surface area (Å²) in [7, 11) is 1.70. The summed E-state index contributed by atoms with van der Waals surface area (Å²) in [6.45, 7) is 5.97. The van der Waals surface area contributed by atoms with Gasteiger partial charge >= 0.3 is 0 Å². The third-order valence-electron chi connectivity index (χ3n) is 2.52. The first-order valence-corrected chi connectivity index (χ1v) is 6.62. The Hall–Kier alpha value is -1.42. The average Bonchev–Trinajstić information content (AvgIpc) is 2.52. The predicted molar refractivity (Wildman–Crippen MR) is 75.2 cm³/mol. The van der Waals surface area contributed by atoms with Gasteiger partial charge in [-0.15, -0.1) is 0 Å². The molecule has 0 aliphatic carbocycles. The van der Waals surface area contributed by atoms with Crippen molar-refractivity contribution >= 4 is 5.91 Å². The molecule has 0 bridgehead atoms. The normalized spacial score (nSPS) is 14.4. The molecule has 0 unspecified atom stereocenters. The number of nitrogens with one attached hydrogen (secondary N) is 2. The monoisotopic (exact) mass is 251 g/mol. The van der Waals surface area contributed by atoms with Crippen LogP contribution in [-0.2, 0) is 4.79 Å². The van der Waals surface area contributed by atoms with Gasteiger partial charge < -0.3 is 10.6 Å². The molecule has 4 nitrogen and oxygen atoms in total. The van der Waals surface area contributed by atoms with Crippen LogP contribution in [0.1, 0.15) is 26.7 Å². The lowest BCUT2D eigenvalue weighted by Crippen LogP contribution is -2.36. The van der Waals surface area contributed by atoms with E-state index in [9.17, 15) is 4.79 Å². The minimum Gasteiger partial charge on any atom is -0.359 e. The van der Waals surface area contributed by atoms with Crippen LogP contribution in [0.5, 0.6) is 0 Å². The second-order valence-corrected chi connectivity index (χ2v) is 3.66. The van der Waals surface area contributed by atoms with E-state index in [1.807, 2.05) is 32.0 Å². The highest BCUT2D eigenvalue weighted by molar-refractivity contribution is 5.78. The van der Waals surface area contributed by atoms with Gasteiger partial charge in [-0.25, -0.2) is 0 Å². The maximum absolute atomic E-state index is 11.0. The van der Waals surface area contributed by atoms with Crippen LogP contribution in [0.2, 0.25) is 0 Å². The van der Waals surface area contributed by atoms with Crippen molar-refractivity contribution in [3.63, 3.8) is 0 Å².